The summed E-state index contributed by atoms with van der Waals surface area (Å²) < 4.78 is 0. The van der Waals surface area contributed by atoms with Gasteiger partial charge in [-0.1, -0.05) is 6.92 Å². The van der Waals surface area contributed by atoms with Crippen molar-refractivity contribution in [3.8, 4) is 0 Å². The summed E-state index contributed by atoms with van der Waals surface area (Å²) in [5, 5.41) is 17.8. The lowest BCUT2D eigenvalue weighted by atomic mass is 10.2. The minimum Gasteiger partial charge on any atom is -0.390 e. The Morgan fingerprint density at radius 2 is 2.50 bits per heavy atom. The first-order chi connectivity index (χ1) is 3.66. The molecule has 0 aliphatic rings. The van der Waals surface area contributed by atoms with E-state index in [1.54, 1.807) is 6.92 Å². The van der Waals surface area contributed by atoms with E-state index in [0.717, 1.165) is 6.61 Å². The van der Waals surface area contributed by atoms with Crippen molar-refractivity contribution in [3.05, 3.63) is 16.7 Å². The highest BCUT2D eigenvalue weighted by Gasteiger charge is 2.06. The summed E-state index contributed by atoms with van der Waals surface area (Å²) in [4.78, 5) is 9.18. The molecule has 4 nitrogen and oxygen atoms in total. The van der Waals surface area contributed by atoms with Crippen LogP contribution >= 0.6 is 0 Å². The minimum absolute atomic E-state index is 0.198. The van der Waals surface area contributed by atoms with Crippen LogP contribution in [-0.4, -0.2) is 16.6 Å². The fourth-order valence-corrected chi connectivity index (χ4v) is 0.282. The third kappa shape index (κ3) is 3.55. The maximum absolute atomic E-state index is 9.64. The molecule has 0 bridgehead atoms. The van der Waals surface area contributed by atoms with Gasteiger partial charge in [-0.2, -0.15) is 0 Å². The molecule has 0 aliphatic heterocycles. The average Bonchev–Trinajstić information content (AvgIpc) is 1.65. The number of aliphatic hydroxyl groups is 1. The molecule has 1 radical (unpaired) electrons. The number of hydrogen-bond donors (Lipinski definition) is 1. The molecule has 8 heavy (non-hydrogen) atoms. The molecule has 1 N–H and O–H groups in total. The molecule has 0 aromatic carbocycles. The average molecular weight is 118 g/mol. The number of rotatable bonds is 3. The molecular weight excluding hydrogens is 110 g/mol. The lowest BCUT2D eigenvalue weighted by molar-refractivity contribution is -0.486. The molecule has 0 saturated heterocycles. The Hall–Kier alpha value is -0.640. The molecule has 47 valence electrons. The Morgan fingerprint density at radius 3 is 2.62 bits per heavy atom. The van der Waals surface area contributed by atoms with Gasteiger partial charge in [0, 0.05) is 10.8 Å². The van der Waals surface area contributed by atoms with Crippen molar-refractivity contribution in [2.24, 2.45) is 5.92 Å². The van der Waals surface area contributed by atoms with Crippen LogP contribution < -0.4 is 0 Å². The summed E-state index contributed by atoms with van der Waals surface area (Å²) in [5.41, 5.74) is 0. The van der Waals surface area contributed by atoms with Gasteiger partial charge in [-0.15, -0.1) is 0 Å². The molecular formula is C4H8NO3. The highest BCUT2D eigenvalue weighted by molar-refractivity contribution is 4.56. The Morgan fingerprint density at radius 1 is 2.00 bits per heavy atom. The third-order valence-electron chi connectivity index (χ3n) is 0.692. The summed E-state index contributed by atoms with van der Waals surface area (Å²) >= 11 is 0. The SMILES string of the molecule is CC([CH]O)C[N+](=O)[O-]. The van der Waals surface area contributed by atoms with Gasteiger partial charge in [-0.3, -0.25) is 10.1 Å². The van der Waals surface area contributed by atoms with Crippen LogP contribution in [0.5, 0.6) is 0 Å². The standard InChI is InChI=1S/C4H8NO3/c1-4(3-6)2-5(7)8/h3-4,6H,2H2,1H3. The lowest BCUT2D eigenvalue weighted by Gasteiger charge is -1.96. The van der Waals surface area contributed by atoms with Gasteiger partial charge in [0.2, 0.25) is 6.54 Å². The van der Waals surface area contributed by atoms with Gasteiger partial charge < -0.3 is 5.11 Å². The molecule has 4 heteroatoms. The lowest BCUT2D eigenvalue weighted by Crippen LogP contribution is -2.10. The number of nitrogens with zero attached hydrogens (tertiary/aromatic N) is 1. The van der Waals surface area contributed by atoms with E-state index < -0.39 is 4.92 Å². The van der Waals surface area contributed by atoms with Crippen LogP contribution in [0.1, 0.15) is 6.92 Å². The molecule has 0 aromatic rings. The summed E-state index contributed by atoms with van der Waals surface area (Å²) in [6, 6.07) is 0. The van der Waals surface area contributed by atoms with Gasteiger partial charge in [-0.25, -0.2) is 0 Å². The molecule has 0 rings (SSSR count). The Balaban J connectivity index is 3.24. The highest BCUT2D eigenvalue weighted by atomic mass is 16.6. The molecule has 1 atom stereocenters. The predicted octanol–water partition coefficient (Wildman–Crippen LogP) is 0.433. The first-order valence-electron chi connectivity index (χ1n) is 2.26. The van der Waals surface area contributed by atoms with Crippen molar-refractivity contribution in [1.82, 2.24) is 0 Å². The van der Waals surface area contributed by atoms with Gasteiger partial charge in [0.1, 0.15) is 0 Å². The number of nitro groups is 1. The number of hydrogen-bond acceptors (Lipinski definition) is 3. The summed E-state index contributed by atoms with van der Waals surface area (Å²) in [5.74, 6) is -0.343. The zero-order chi connectivity index (χ0) is 6.57. The monoisotopic (exact) mass is 118 g/mol. The van der Waals surface area contributed by atoms with Crippen molar-refractivity contribution in [2.45, 2.75) is 6.92 Å². The fourth-order valence-electron chi connectivity index (χ4n) is 0.282. The maximum atomic E-state index is 9.64. The second-order valence-corrected chi connectivity index (χ2v) is 1.64. The van der Waals surface area contributed by atoms with E-state index in [4.69, 9.17) is 5.11 Å². The summed E-state index contributed by atoms with van der Waals surface area (Å²) in [6.07, 6.45) is 0. The van der Waals surface area contributed by atoms with E-state index in [-0.39, 0.29) is 12.5 Å². The Labute approximate surface area is 47.3 Å². The van der Waals surface area contributed by atoms with Crippen molar-refractivity contribution in [1.29, 1.82) is 0 Å². The minimum atomic E-state index is -0.461. The van der Waals surface area contributed by atoms with Crippen LogP contribution in [0.2, 0.25) is 0 Å². The fraction of sp³-hybridized carbons (Fsp3) is 0.750. The van der Waals surface area contributed by atoms with E-state index in [1.807, 2.05) is 0 Å². The molecule has 0 aromatic heterocycles. The molecule has 0 heterocycles. The van der Waals surface area contributed by atoms with Gasteiger partial charge in [0.25, 0.3) is 0 Å². The van der Waals surface area contributed by atoms with Crippen molar-refractivity contribution >= 4 is 0 Å². The molecule has 0 aliphatic carbocycles. The van der Waals surface area contributed by atoms with Crippen LogP contribution in [0.3, 0.4) is 0 Å². The van der Waals surface area contributed by atoms with Crippen LogP contribution in [0.15, 0.2) is 0 Å². The van der Waals surface area contributed by atoms with Crippen LogP contribution in [0.4, 0.5) is 0 Å². The van der Waals surface area contributed by atoms with Crippen molar-refractivity contribution < 1.29 is 10.0 Å². The Bertz CT molecular complexity index is 83.4. The molecule has 0 amide bonds. The third-order valence-corrected chi connectivity index (χ3v) is 0.692. The van der Waals surface area contributed by atoms with Crippen LogP contribution in [0, 0.1) is 22.6 Å². The zero-order valence-corrected chi connectivity index (χ0v) is 4.57. The van der Waals surface area contributed by atoms with E-state index in [9.17, 15) is 10.1 Å². The summed E-state index contributed by atoms with van der Waals surface area (Å²) in [7, 11) is 0. The van der Waals surface area contributed by atoms with Crippen LogP contribution in [0.25, 0.3) is 0 Å². The van der Waals surface area contributed by atoms with Gasteiger partial charge in [0.15, 0.2) is 0 Å². The van der Waals surface area contributed by atoms with Crippen molar-refractivity contribution in [2.75, 3.05) is 6.54 Å². The van der Waals surface area contributed by atoms with Gasteiger partial charge >= 0.3 is 0 Å². The first kappa shape index (κ1) is 7.36. The van der Waals surface area contributed by atoms with Gasteiger partial charge in [0.05, 0.1) is 6.61 Å². The van der Waals surface area contributed by atoms with E-state index in [2.05, 4.69) is 0 Å². The van der Waals surface area contributed by atoms with E-state index in [1.165, 1.54) is 0 Å². The Kier molecular flexibility index (Phi) is 3.10. The van der Waals surface area contributed by atoms with Crippen molar-refractivity contribution in [3.63, 3.8) is 0 Å². The molecule has 0 saturated carbocycles. The first-order valence-corrected chi connectivity index (χ1v) is 2.26. The van der Waals surface area contributed by atoms with Crippen LogP contribution in [-0.2, 0) is 0 Å². The highest BCUT2D eigenvalue weighted by Crippen LogP contribution is 1.95. The normalized spacial score (nSPS) is 13.2. The van der Waals surface area contributed by atoms with E-state index in [0.29, 0.717) is 0 Å². The maximum Gasteiger partial charge on any atom is 0.208 e. The zero-order valence-electron chi connectivity index (χ0n) is 4.57. The topological polar surface area (TPSA) is 63.4 Å². The summed E-state index contributed by atoms with van der Waals surface area (Å²) in [6.45, 7) is 2.20. The second kappa shape index (κ2) is 3.37. The molecule has 0 spiro atoms. The quantitative estimate of drug-likeness (QED) is 0.431. The van der Waals surface area contributed by atoms with E-state index >= 15 is 0 Å². The van der Waals surface area contributed by atoms with Gasteiger partial charge in [-0.05, 0) is 0 Å². The molecule has 0 fully saturated rings. The number of aliphatic hydroxyl groups excluding tert-OH is 1. The second-order valence-electron chi connectivity index (χ2n) is 1.64. The smallest absolute Gasteiger partial charge is 0.208 e. The molecule has 1 unspecified atom stereocenters. The predicted molar refractivity (Wildman–Crippen MR) is 27.3 cm³/mol. The largest absolute Gasteiger partial charge is 0.390 e.